The van der Waals surface area contributed by atoms with E-state index in [1.54, 1.807) is 24.3 Å². The van der Waals surface area contributed by atoms with Crippen LogP contribution >= 0.6 is 0 Å². The summed E-state index contributed by atoms with van der Waals surface area (Å²) in [6, 6.07) is 14.4. The van der Waals surface area contributed by atoms with Crippen molar-refractivity contribution in [3.8, 4) is 11.1 Å². The van der Waals surface area contributed by atoms with Gasteiger partial charge in [0.05, 0.1) is 11.4 Å². The number of benzene rings is 2. The molecule has 4 nitrogen and oxygen atoms in total. The van der Waals surface area contributed by atoms with Crippen molar-refractivity contribution in [3.05, 3.63) is 48.5 Å². The molecular formula is C14H8N2O2. The van der Waals surface area contributed by atoms with Crippen molar-refractivity contribution >= 4 is 23.5 Å². The Labute approximate surface area is 103 Å². The van der Waals surface area contributed by atoms with Crippen molar-refractivity contribution in [1.82, 2.24) is 0 Å². The van der Waals surface area contributed by atoms with Crippen LogP contribution in [0.15, 0.2) is 58.5 Å². The summed E-state index contributed by atoms with van der Waals surface area (Å²) < 4.78 is 0. The summed E-state index contributed by atoms with van der Waals surface area (Å²) in [7, 11) is 0. The van der Waals surface area contributed by atoms with E-state index in [4.69, 9.17) is 0 Å². The van der Waals surface area contributed by atoms with Crippen LogP contribution in [0.3, 0.4) is 0 Å². The van der Waals surface area contributed by atoms with Crippen LogP contribution in [0.4, 0.5) is 11.4 Å². The van der Waals surface area contributed by atoms with Gasteiger partial charge in [0, 0.05) is 0 Å². The lowest BCUT2D eigenvalue weighted by molar-refractivity contribution is 0.564. The van der Waals surface area contributed by atoms with Crippen molar-refractivity contribution in [3.63, 3.8) is 0 Å². The first kappa shape index (κ1) is 11.7. The van der Waals surface area contributed by atoms with E-state index >= 15 is 0 Å². The number of carbonyl (C=O) groups excluding carboxylic acids is 2. The average molecular weight is 236 g/mol. The van der Waals surface area contributed by atoms with Crippen LogP contribution in [0.1, 0.15) is 0 Å². The third kappa shape index (κ3) is 2.66. The van der Waals surface area contributed by atoms with Crippen molar-refractivity contribution in [1.29, 1.82) is 0 Å². The van der Waals surface area contributed by atoms with Gasteiger partial charge in [-0.15, -0.1) is 0 Å². The molecule has 0 unspecified atom stereocenters. The summed E-state index contributed by atoms with van der Waals surface area (Å²) in [4.78, 5) is 27.2. The first-order valence-corrected chi connectivity index (χ1v) is 5.20. The van der Waals surface area contributed by atoms with Crippen LogP contribution in [0, 0.1) is 0 Å². The molecule has 0 spiro atoms. The van der Waals surface area contributed by atoms with Gasteiger partial charge in [-0.2, -0.15) is 9.98 Å². The van der Waals surface area contributed by atoms with E-state index < -0.39 is 0 Å². The molecule has 0 bridgehead atoms. The lowest BCUT2D eigenvalue weighted by Gasteiger charge is -2.01. The fourth-order valence-electron chi connectivity index (χ4n) is 1.56. The van der Waals surface area contributed by atoms with Crippen LogP contribution in [0.2, 0.25) is 0 Å². The SMILES string of the molecule is O=C=Nc1ccc(-c2ccc(N=C=O)cc2)cc1. The first-order valence-electron chi connectivity index (χ1n) is 5.20. The summed E-state index contributed by atoms with van der Waals surface area (Å²) in [6.07, 6.45) is 2.98. The van der Waals surface area contributed by atoms with Gasteiger partial charge in [0.1, 0.15) is 0 Å². The van der Waals surface area contributed by atoms with E-state index in [1.807, 2.05) is 24.3 Å². The smallest absolute Gasteiger partial charge is 0.211 e. The summed E-state index contributed by atoms with van der Waals surface area (Å²) in [5.74, 6) is 0. The molecule has 0 aromatic heterocycles. The summed E-state index contributed by atoms with van der Waals surface area (Å²) in [5.41, 5.74) is 3.11. The fourth-order valence-corrected chi connectivity index (χ4v) is 1.56. The predicted octanol–water partition coefficient (Wildman–Crippen LogP) is 3.29. The van der Waals surface area contributed by atoms with E-state index in [9.17, 15) is 9.59 Å². The molecule has 0 heterocycles. The van der Waals surface area contributed by atoms with Crippen LogP contribution in [-0.4, -0.2) is 12.2 Å². The summed E-state index contributed by atoms with van der Waals surface area (Å²) in [6.45, 7) is 0. The Kier molecular flexibility index (Phi) is 3.57. The minimum Gasteiger partial charge on any atom is -0.211 e. The van der Waals surface area contributed by atoms with Gasteiger partial charge in [0.2, 0.25) is 12.2 Å². The maximum absolute atomic E-state index is 10.1. The van der Waals surface area contributed by atoms with E-state index in [1.165, 1.54) is 12.2 Å². The minimum atomic E-state index is 0.566. The third-order valence-corrected chi connectivity index (χ3v) is 2.42. The van der Waals surface area contributed by atoms with E-state index in [0.717, 1.165) is 11.1 Å². The van der Waals surface area contributed by atoms with Crippen LogP contribution in [0.25, 0.3) is 11.1 Å². The van der Waals surface area contributed by atoms with Gasteiger partial charge in [0.15, 0.2) is 0 Å². The maximum Gasteiger partial charge on any atom is 0.240 e. The number of isocyanates is 2. The molecule has 2 aromatic rings. The third-order valence-electron chi connectivity index (χ3n) is 2.42. The lowest BCUT2D eigenvalue weighted by atomic mass is 10.1. The van der Waals surface area contributed by atoms with Gasteiger partial charge in [-0.25, -0.2) is 9.59 Å². The zero-order valence-corrected chi connectivity index (χ0v) is 9.33. The molecule has 18 heavy (non-hydrogen) atoms. The Morgan fingerprint density at radius 3 is 1.22 bits per heavy atom. The molecular weight excluding hydrogens is 228 g/mol. The molecule has 2 rings (SSSR count). The van der Waals surface area contributed by atoms with E-state index in [-0.39, 0.29) is 0 Å². The highest BCUT2D eigenvalue weighted by Crippen LogP contribution is 2.24. The number of hydrogen-bond donors (Lipinski definition) is 0. The van der Waals surface area contributed by atoms with Gasteiger partial charge >= 0.3 is 0 Å². The number of nitrogens with zero attached hydrogens (tertiary/aromatic N) is 2. The second-order valence-corrected chi connectivity index (χ2v) is 3.50. The first-order chi connectivity index (χ1) is 8.83. The Bertz CT molecular complexity index is 573. The standard InChI is InChI=1S/C14H8N2O2/c17-9-15-13-5-1-11(2-6-13)12-3-7-14(8-4-12)16-10-18/h1-8H. The molecule has 0 fully saturated rings. The Hall–Kier alpha value is -2.80. The zero-order valence-electron chi connectivity index (χ0n) is 9.33. The van der Waals surface area contributed by atoms with Crippen LogP contribution in [0.5, 0.6) is 0 Å². The molecule has 0 aliphatic heterocycles. The van der Waals surface area contributed by atoms with Gasteiger partial charge in [-0.3, -0.25) is 0 Å². The lowest BCUT2D eigenvalue weighted by Crippen LogP contribution is -1.76. The second-order valence-electron chi connectivity index (χ2n) is 3.50. The van der Waals surface area contributed by atoms with Crippen molar-refractivity contribution in [2.45, 2.75) is 0 Å². The maximum atomic E-state index is 10.1. The van der Waals surface area contributed by atoms with Crippen LogP contribution in [-0.2, 0) is 9.59 Å². The summed E-state index contributed by atoms with van der Waals surface area (Å²) >= 11 is 0. The zero-order chi connectivity index (χ0) is 12.8. The van der Waals surface area contributed by atoms with Crippen molar-refractivity contribution in [2.75, 3.05) is 0 Å². The molecule has 4 heteroatoms. The average Bonchev–Trinajstić information content (AvgIpc) is 2.41. The number of rotatable bonds is 3. The highest BCUT2D eigenvalue weighted by atomic mass is 16.1. The summed E-state index contributed by atoms with van der Waals surface area (Å²) in [5, 5.41) is 0. The van der Waals surface area contributed by atoms with Crippen molar-refractivity contribution < 1.29 is 9.59 Å². The number of aliphatic imine (C=N–C) groups is 2. The Balaban J connectivity index is 2.30. The highest BCUT2D eigenvalue weighted by molar-refractivity contribution is 5.68. The molecule has 0 N–H and O–H groups in total. The van der Waals surface area contributed by atoms with Crippen molar-refractivity contribution in [2.24, 2.45) is 9.98 Å². The molecule has 2 aromatic carbocycles. The molecule has 0 atom stereocenters. The Morgan fingerprint density at radius 1 is 0.611 bits per heavy atom. The van der Waals surface area contributed by atoms with Gasteiger partial charge < -0.3 is 0 Å². The molecule has 0 aliphatic carbocycles. The van der Waals surface area contributed by atoms with Gasteiger partial charge in [-0.05, 0) is 35.4 Å². The molecule has 0 saturated heterocycles. The van der Waals surface area contributed by atoms with E-state index in [0.29, 0.717) is 11.4 Å². The molecule has 0 aliphatic rings. The monoisotopic (exact) mass is 236 g/mol. The molecule has 0 saturated carbocycles. The Morgan fingerprint density at radius 2 is 0.944 bits per heavy atom. The number of hydrogen-bond acceptors (Lipinski definition) is 4. The normalized spacial score (nSPS) is 9.11. The topological polar surface area (TPSA) is 58.9 Å². The molecule has 86 valence electrons. The molecule has 0 amide bonds. The van der Waals surface area contributed by atoms with E-state index in [2.05, 4.69) is 9.98 Å². The fraction of sp³-hybridized carbons (Fsp3) is 0. The predicted molar refractivity (Wildman–Crippen MR) is 67.4 cm³/mol. The minimum absolute atomic E-state index is 0.566. The van der Waals surface area contributed by atoms with Gasteiger partial charge in [-0.1, -0.05) is 24.3 Å². The van der Waals surface area contributed by atoms with Gasteiger partial charge in [0.25, 0.3) is 0 Å². The largest absolute Gasteiger partial charge is 0.240 e. The second kappa shape index (κ2) is 5.51. The quantitative estimate of drug-likeness (QED) is 0.606. The highest BCUT2D eigenvalue weighted by Gasteiger charge is 1.98. The molecule has 0 radical (unpaired) electrons. The van der Waals surface area contributed by atoms with Crippen LogP contribution < -0.4 is 0 Å².